The van der Waals surface area contributed by atoms with Crippen LogP contribution in [0.1, 0.15) is 12.8 Å². The second kappa shape index (κ2) is 7.44. The molecule has 0 aromatic carbocycles. The number of hydrogen-bond donors (Lipinski definition) is 4. The minimum absolute atomic E-state index is 0.106. The predicted molar refractivity (Wildman–Crippen MR) is 88.6 cm³/mol. The van der Waals surface area contributed by atoms with E-state index in [1.54, 1.807) is 0 Å². The first-order valence-corrected chi connectivity index (χ1v) is 9.69. The molecule has 3 fully saturated rings. The normalized spacial score (nSPS) is 26.9. The number of nitrogens with zero attached hydrogens (tertiary/aromatic N) is 3. The highest BCUT2D eigenvalue weighted by atomic mass is 32.3. The third-order valence-corrected chi connectivity index (χ3v) is 5.03. The van der Waals surface area contributed by atoms with Gasteiger partial charge in [-0.25, -0.2) is 4.79 Å². The van der Waals surface area contributed by atoms with Gasteiger partial charge in [0.25, 0.3) is 0 Å². The molecule has 0 spiro atoms. The molecule has 0 aliphatic carbocycles. The van der Waals surface area contributed by atoms with Crippen molar-refractivity contribution in [3.63, 3.8) is 0 Å². The second-order valence-electron chi connectivity index (χ2n) is 6.50. The average molecular weight is 390 g/mol. The van der Waals surface area contributed by atoms with Gasteiger partial charge in [0.2, 0.25) is 5.91 Å². The van der Waals surface area contributed by atoms with E-state index in [9.17, 15) is 18.0 Å². The molecule has 3 aliphatic rings. The van der Waals surface area contributed by atoms with Crippen molar-refractivity contribution in [2.75, 3.05) is 39.3 Å². The van der Waals surface area contributed by atoms with E-state index in [-0.39, 0.29) is 24.8 Å². The summed E-state index contributed by atoms with van der Waals surface area (Å²) in [6, 6.07) is -1.94. The van der Waals surface area contributed by atoms with Crippen LogP contribution in [0.2, 0.25) is 0 Å². The van der Waals surface area contributed by atoms with E-state index in [0.29, 0.717) is 17.9 Å². The molecule has 4 N–H and O–H groups in total. The maximum absolute atomic E-state index is 12.3. The number of carbonyl (C=O) groups is 2. The Morgan fingerprint density at radius 1 is 1.35 bits per heavy atom. The number of piperazine rings is 1. The Balaban J connectivity index is 1.57. The fourth-order valence-electron chi connectivity index (χ4n) is 3.48. The van der Waals surface area contributed by atoms with Crippen molar-refractivity contribution in [2.24, 2.45) is 0 Å². The van der Waals surface area contributed by atoms with E-state index in [0.717, 1.165) is 26.2 Å². The van der Waals surface area contributed by atoms with Crippen molar-refractivity contribution in [3.05, 3.63) is 0 Å². The van der Waals surface area contributed by atoms with E-state index in [1.807, 2.05) is 4.90 Å². The van der Waals surface area contributed by atoms with Gasteiger partial charge in [0.15, 0.2) is 0 Å². The number of urea groups is 1. The van der Waals surface area contributed by atoms with Gasteiger partial charge in [0.1, 0.15) is 5.84 Å². The maximum atomic E-state index is 12.3. The second-order valence-corrected chi connectivity index (χ2v) is 7.50. The molecule has 13 heteroatoms. The van der Waals surface area contributed by atoms with Crippen molar-refractivity contribution in [1.29, 1.82) is 5.41 Å². The van der Waals surface area contributed by atoms with Crippen LogP contribution in [0.15, 0.2) is 0 Å². The molecule has 0 aromatic rings. The van der Waals surface area contributed by atoms with E-state index in [1.165, 1.54) is 4.90 Å². The molecular weight excluding hydrogens is 368 g/mol. The van der Waals surface area contributed by atoms with Crippen LogP contribution in [-0.2, 0) is 19.5 Å². The topological polar surface area (TPSA) is 155 Å². The summed E-state index contributed by atoms with van der Waals surface area (Å²) in [7, 11) is -4.81. The fraction of sp³-hybridized carbons (Fsp3) is 0.769. The molecule has 0 saturated carbocycles. The number of hydrogen-bond acceptors (Lipinski definition) is 8. The summed E-state index contributed by atoms with van der Waals surface area (Å²) < 4.78 is 34.9. The van der Waals surface area contributed by atoms with Crippen LogP contribution in [-0.4, -0.2) is 97.0 Å². The molecule has 3 aliphatic heterocycles. The highest BCUT2D eigenvalue weighted by Gasteiger charge is 2.48. The highest BCUT2D eigenvalue weighted by molar-refractivity contribution is 7.80. The first-order chi connectivity index (χ1) is 12.2. The summed E-state index contributed by atoms with van der Waals surface area (Å²) in [6.45, 7) is 3.44. The maximum Gasteiger partial charge on any atom is 0.418 e. The predicted octanol–water partition coefficient (Wildman–Crippen LogP) is -2.01. The molecule has 146 valence electrons. The van der Waals surface area contributed by atoms with Crippen molar-refractivity contribution in [2.45, 2.75) is 24.9 Å². The highest BCUT2D eigenvalue weighted by Crippen LogP contribution is 2.30. The molecular formula is C13H22N6O6S. The van der Waals surface area contributed by atoms with Gasteiger partial charge >= 0.3 is 16.4 Å². The number of rotatable bonds is 5. The van der Waals surface area contributed by atoms with Gasteiger partial charge in [0.05, 0.1) is 18.6 Å². The van der Waals surface area contributed by atoms with Crippen LogP contribution in [0.3, 0.4) is 0 Å². The molecule has 26 heavy (non-hydrogen) atoms. The minimum atomic E-state index is -4.81. The minimum Gasteiger partial charge on any atom is -0.314 e. The van der Waals surface area contributed by atoms with E-state index in [4.69, 9.17) is 9.96 Å². The summed E-state index contributed by atoms with van der Waals surface area (Å²) in [5.74, 6) is -0.428. The number of amides is 3. The Bertz CT molecular complexity index is 693. The molecule has 0 radical (unpaired) electrons. The van der Waals surface area contributed by atoms with E-state index >= 15 is 0 Å². The standard InChI is InChI=1S/C13H22N6O6S/c14-12(16-11(20)8-17-5-3-15-4-6-17)10-2-1-9-7-18(10)13(21)19(9)25-26(22,23)24/h9-10,15H,1-8H2,(H2,14,16,20)(H,22,23,24). The number of hydroxylamine groups is 2. The molecule has 2 unspecified atom stereocenters. The van der Waals surface area contributed by atoms with Crippen LogP contribution < -0.4 is 10.6 Å². The lowest BCUT2D eigenvalue weighted by atomic mass is 10.00. The van der Waals surface area contributed by atoms with Gasteiger partial charge in [-0.3, -0.25) is 19.7 Å². The van der Waals surface area contributed by atoms with Crippen LogP contribution in [0.5, 0.6) is 0 Å². The SMILES string of the molecule is N=C(NC(=O)CN1CCNCC1)C1CCC2CN1C(=O)N2OS(=O)(=O)O. The lowest BCUT2D eigenvalue weighted by Gasteiger charge is -2.31. The lowest BCUT2D eigenvalue weighted by Crippen LogP contribution is -2.53. The summed E-state index contributed by atoms with van der Waals surface area (Å²) in [5.41, 5.74) is 0. The Labute approximate surface area is 150 Å². The summed E-state index contributed by atoms with van der Waals surface area (Å²) in [6.07, 6.45) is 0.771. The van der Waals surface area contributed by atoms with Crippen molar-refractivity contribution >= 4 is 28.2 Å². The molecule has 3 rings (SSSR count). The Hall–Kier alpha value is -1.80. The van der Waals surface area contributed by atoms with Gasteiger partial charge in [-0.15, -0.1) is 4.28 Å². The molecule has 3 amide bonds. The zero-order valence-electron chi connectivity index (χ0n) is 14.0. The molecule has 3 heterocycles. The Kier molecular flexibility index (Phi) is 5.43. The Morgan fingerprint density at radius 3 is 2.69 bits per heavy atom. The zero-order valence-corrected chi connectivity index (χ0v) is 14.9. The smallest absolute Gasteiger partial charge is 0.314 e. The first-order valence-electron chi connectivity index (χ1n) is 8.33. The van der Waals surface area contributed by atoms with Crippen LogP contribution in [0.4, 0.5) is 4.79 Å². The number of piperidine rings is 1. The van der Waals surface area contributed by atoms with Crippen LogP contribution in [0.25, 0.3) is 0 Å². The first kappa shape index (κ1) is 19.0. The van der Waals surface area contributed by atoms with Gasteiger partial charge < -0.3 is 15.5 Å². The van der Waals surface area contributed by atoms with Crippen LogP contribution >= 0.6 is 0 Å². The van der Waals surface area contributed by atoms with Gasteiger partial charge in [0, 0.05) is 32.7 Å². The number of nitrogens with one attached hydrogen (secondary N) is 3. The molecule has 12 nitrogen and oxygen atoms in total. The largest absolute Gasteiger partial charge is 0.418 e. The van der Waals surface area contributed by atoms with Crippen molar-refractivity contribution < 1.29 is 26.8 Å². The zero-order chi connectivity index (χ0) is 18.9. The van der Waals surface area contributed by atoms with Crippen LogP contribution in [0, 0.1) is 5.41 Å². The van der Waals surface area contributed by atoms with Gasteiger partial charge in [-0.05, 0) is 12.8 Å². The molecule has 3 saturated heterocycles. The number of amidine groups is 1. The summed E-state index contributed by atoms with van der Waals surface area (Å²) >= 11 is 0. The van der Waals surface area contributed by atoms with Crippen molar-refractivity contribution in [3.8, 4) is 0 Å². The number of fused-ring (bicyclic) bond motifs is 2. The van der Waals surface area contributed by atoms with Gasteiger partial charge in [-0.2, -0.15) is 13.5 Å². The lowest BCUT2D eigenvalue weighted by molar-refractivity contribution is -0.121. The summed E-state index contributed by atoms with van der Waals surface area (Å²) in [4.78, 5) is 27.7. The van der Waals surface area contributed by atoms with Crippen molar-refractivity contribution in [1.82, 2.24) is 25.5 Å². The quantitative estimate of drug-likeness (QED) is 0.238. The molecule has 2 bridgehead atoms. The summed E-state index contributed by atoms with van der Waals surface area (Å²) in [5, 5.41) is 14.5. The Morgan fingerprint density at radius 2 is 2.04 bits per heavy atom. The van der Waals surface area contributed by atoms with E-state index in [2.05, 4.69) is 14.9 Å². The third-order valence-electron chi connectivity index (χ3n) is 4.68. The monoisotopic (exact) mass is 390 g/mol. The third kappa shape index (κ3) is 4.29. The van der Waals surface area contributed by atoms with Gasteiger partial charge in [-0.1, -0.05) is 0 Å². The molecule has 2 atom stereocenters. The molecule has 0 aromatic heterocycles. The fourth-order valence-corrected chi connectivity index (χ4v) is 3.87. The van der Waals surface area contributed by atoms with E-state index < -0.39 is 28.5 Å². The average Bonchev–Trinajstić information content (AvgIpc) is 2.79. The number of carbonyl (C=O) groups excluding carboxylic acids is 2.